The molecule has 4 rings (SSSR count). The Labute approximate surface area is 171 Å². The van der Waals surface area contributed by atoms with Gasteiger partial charge in [-0.1, -0.05) is 24.3 Å². The second-order valence-electron chi connectivity index (χ2n) is 7.82. The molecule has 0 aromatic heterocycles. The summed E-state index contributed by atoms with van der Waals surface area (Å²) in [5.74, 6) is -0.0958. The molecule has 0 spiro atoms. The summed E-state index contributed by atoms with van der Waals surface area (Å²) in [4.78, 5) is 28.8. The molecule has 2 heterocycles. The third-order valence-corrected chi connectivity index (χ3v) is 5.76. The number of benzene rings is 2. The molecule has 2 aromatic rings. The van der Waals surface area contributed by atoms with Crippen molar-refractivity contribution >= 4 is 17.6 Å². The van der Waals surface area contributed by atoms with E-state index in [0.717, 1.165) is 36.4 Å². The van der Waals surface area contributed by atoms with E-state index in [0.29, 0.717) is 25.2 Å². The summed E-state index contributed by atoms with van der Waals surface area (Å²) in [6, 6.07) is 13.7. The summed E-state index contributed by atoms with van der Waals surface area (Å²) in [5.41, 5.74) is 4.83. The van der Waals surface area contributed by atoms with Crippen LogP contribution in [0.25, 0.3) is 0 Å². The van der Waals surface area contributed by atoms with Crippen LogP contribution in [-0.4, -0.2) is 43.0 Å². The number of amides is 3. The van der Waals surface area contributed by atoms with E-state index in [9.17, 15) is 9.59 Å². The molecule has 2 saturated heterocycles. The summed E-state index contributed by atoms with van der Waals surface area (Å²) >= 11 is 0. The van der Waals surface area contributed by atoms with E-state index in [-0.39, 0.29) is 11.9 Å². The molecule has 152 valence electrons. The highest BCUT2D eigenvalue weighted by atomic mass is 16.2. The molecule has 6 nitrogen and oxygen atoms in total. The third kappa shape index (κ3) is 4.43. The van der Waals surface area contributed by atoms with Crippen LogP contribution < -0.4 is 15.5 Å². The zero-order valence-corrected chi connectivity index (χ0v) is 16.9. The van der Waals surface area contributed by atoms with Crippen molar-refractivity contribution in [2.24, 2.45) is 0 Å². The second kappa shape index (κ2) is 8.66. The Kier molecular flexibility index (Phi) is 5.81. The van der Waals surface area contributed by atoms with Gasteiger partial charge in [0.15, 0.2) is 0 Å². The highest BCUT2D eigenvalue weighted by Gasteiger charge is 2.23. The van der Waals surface area contributed by atoms with Crippen LogP contribution in [0.3, 0.4) is 0 Å². The average molecular weight is 393 g/mol. The first kappa shape index (κ1) is 19.5. The Bertz CT molecular complexity index is 906. The van der Waals surface area contributed by atoms with E-state index in [4.69, 9.17) is 0 Å². The first-order chi connectivity index (χ1) is 14.1. The zero-order valence-electron chi connectivity index (χ0n) is 16.9. The Balaban J connectivity index is 1.41. The molecule has 0 saturated carbocycles. The molecule has 0 atom stereocenters. The maximum atomic E-state index is 12.7. The van der Waals surface area contributed by atoms with Crippen LogP contribution in [0.4, 0.5) is 10.5 Å². The van der Waals surface area contributed by atoms with E-state index in [1.807, 2.05) is 25.1 Å². The quantitative estimate of drug-likeness (QED) is 0.794. The van der Waals surface area contributed by atoms with Crippen LogP contribution >= 0.6 is 0 Å². The van der Waals surface area contributed by atoms with Crippen molar-refractivity contribution in [1.29, 1.82) is 0 Å². The molecule has 3 amide bonds. The Morgan fingerprint density at radius 2 is 1.83 bits per heavy atom. The fourth-order valence-electron chi connectivity index (χ4n) is 4.14. The fraction of sp³-hybridized carbons (Fsp3) is 0.391. The van der Waals surface area contributed by atoms with Crippen LogP contribution in [0.1, 0.15) is 39.9 Å². The lowest BCUT2D eigenvalue weighted by Gasteiger charge is -2.18. The normalized spacial score (nSPS) is 16.9. The van der Waals surface area contributed by atoms with Gasteiger partial charge in [-0.05, 0) is 67.7 Å². The molecule has 29 heavy (non-hydrogen) atoms. The SMILES string of the molecule is Cc1cc(C(=O)NCc2ccccc2CN2CCCC2)ccc1N1CCNC1=O. The lowest BCUT2D eigenvalue weighted by molar-refractivity contribution is 0.0950. The van der Waals surface area contributed by atoms with Crippen LogP contribution in [0, 0.1) is 6.92 Å². The Morgan fingerprint density at radius 3 is 2.52 bits per heavy atom. The highest BCUT2D eigenvalue weighted by Crippen LogP contribution is 2.23. The van der Waals surface area contributed by atoms with Gasteiger partial charge >= 0.3 is 6.03 Å². The molecule has 2 aromatic carbocycles. The number of carbonyl (C=O) groups is 2. The lowest BCUT2D eigenvalue weighted by Crippen LogP contribution is -2.28. The molecule has 6 heteroatoms. The van der Waals surface area contributed by atoms with Crippen LogP contribution in [0.5, 0.6) is 0 Å². The standard InChI is InChI=1S/C23H28N4O2/c1-17-14-18(8-9-21(17)27-13-10-24-23(27)29)22(28)25-15-19-6-2-3-7-20(19)16-26-11-4-5-12-26/h2-3,6-9,14H,4-5,10-13,15-16H2,1H3,(H,24,29)(H,25,28). The van der Waals surface area contributed by atoms with E-state index < -0.39 is 0 Å². The minimum absolute atomic E-state index is 0.0834. The topological polar surface area (TPSA) is 64.7 Å². The number of likely N-dealkylation sites (tertiary alicyclic amines) is 1. The molecule has 2 aliphatic heterocycles. The molecule has 2 fully saturated rings. The number of anilines is 1. The van der Waals surface area contributed by atoms with Gasteiger partial charge in [-0.15, -0.1) is 0 Å². The van der Waals surface area contributed by atoms with Gasteiger partial charge in [0, 0.05) is 37.4 Å². The number of rotatable bonds is 6. The number of aryl methyl sites for hydroxylation is 1. The first-order valence-electron chi connectivity index (χ1n) is 10.3. The van der Waals surface area contributed by atoms with Gasteiger partial charge in [-0.2, -0.15) is 0 Å². The zero-order chi connectivity index (χ0) is 20.2. The van der Waals surface area contributed by atoms with E-state index in [1.54, 1.807) is 11.0 Å². The highest BCUT2D eigenvalue weighted by molar-refractivity contribution is 5.97. The van der Waals surface area contributed by atoms with Crippen molar-refractivity contribution < 1.29 is 9.59 Å². The lowest BCUT2D eigenvalue weighted by atomic mass is 10.1. The number of nitrogens with one attached hydrogen (secondary N) is 2. The van der Waals surface area contributed by atoms with Crippen molar-refractivity contribution in [3.05, 3.63) is 64.7 Å². The van der Waals surface area contributed by atoms with Gasteiger partial charge in [0.2, 0.25) is 0 Å². The van der Waals surface area contributed by atoms with Gasteiger partial charge in [-0.25, -0.2) is 4.79 Å². The number of urea groups is 1. The molecule has 0 bridgehead atoms. The summed E-state index contributed by atoms with van der Waals surface area (Å²) in [6.45, 7) is 7.00. The Morgan fingerprint density at radius 1 is 1.07 bits per heavy atom. The second-order valence-corrected chi connectivity index (χ2v) is 7.82. The van der Waals surface area contributed by atoms with Crippen molar-refractivity contribution in [3.8, 4) is 0 Å². The van der Waals surface area contributed by atoms with Gasteiger partial charge < -0.3 is 10.6 Å². The minimum Gasteiger partial charge on any atom is -0.348 e. The minimum atomic E-state index is -0.0958. The van der Waals surface area contributed by atoms with Crippen LogP contribution in [0.15, 0.2) is 42.5 Å². The van der Waals surface area contributed by atoms with Crippen molar-refractivity contribution in [1.82, 2.24) is 15.5 Å². The monoisotopic (exact) mass is 392 g/mol. The molecular weight excluding hydrogens is 364 g/mol. The van der Waals surface area contributed by atoms with Gasteiger partial charge in [-0.3, -0.25) is 14.6 Å². The van der Waals surface area contributed by atoms with E-state index in [1.165, 1.54) is 18.4 Å². The number of hydrogen-bond donors (Lipinski definition) is 2. The van der Waals surface area contributed by atoms with Crippen molar-refractivity contribution in [3.63, 3.8) is 0 Å². The fourth-order valence-corrected chi connectivity index (χ4v) is 4.14. The van der Waals surface area contributed by atoms with Crippen LogP contribution in [0.2, 0.25) is 0 Å². The average Bonchev–Trinajstić information content (AvgIpc) is 3.39. The third-order valence-electron chi connectivity index (χ3n) is 5.76. The molecule has 0 unspecified atom stereocenters. The number of hydrogen-bond acceptors (Lipinski definition) is 3. The van der Waals surface area contributed by atoms with Crippen molar-refractivity contribution in [2.45, 2.75) is 32.9 Å². The summed E-state index contributed by atoms with van der Waals surface area (Å²) in [6.07, 6.45) is 2.54. The summed E-state index contributed by atoms with van der Waals surface area (Å²) in [5, 5.41) is 5.86. The molecular formula is C23H28N4O2. The smallest absolute Gasteiger partial charge is 0.322 e. The van der Waals surface area contributed by atoms with Gasteiger partial charge in [0.05, 0.1) is 0 Å². The summed E-state index contributed by atoms with van der Waals surface area (Å²) in [7, 11) is 0. The summed E-state index contributed by atoms with van der Waals surface area (Å²) < 4.78 is 0. The number of nitrogens with zero attached hydrogens (tertiary/aromatic N) is 2. The van der Waals surface area contributed by atoms with E-state index in [2.05, 4.69) is 33.7 Å². The molecule has 0 radical (unpaired) electrons. The molecule has 2 aliphatic rings. The maximum Gasteiger partial charge on any atom is 0.322 e. The number of carbonyl (C=O) groups excluding carboxylic acids is 2. The largest absolute Gasteiger partial charge is 0.348 e. The van der Waals surface area contributed by atoms with Crippen molar-refractivity contribution in [2.75, 3.05) is 31.1 Å². The molecule has 2 N–H and O–H groups in total. The Hall–Kier alpha value is -2.86. The molecule has 0 aliphatic carbocycles. The maximum absolute atomic E-state index is 12.7. The predicted molar refractivity (Wildman–Crippen MR) is 114 cm³/mol. The van der Waals surface area contributed by atoms with Gasteiger partial charge in [0.1, 0.15) is 0 Å². The first-order valence-corrected chi connectivity index (χ1v) is 10.3. The predicted octanol–water partition coefficient (Wildman–Crippen LogP) is 3.05. The van der Waals surface area contributed by atoms with Gasteiger partial charge in [0.25, 0.3) is 5.91 Å². The van der Waals surface area contributed by atoms with E-state index >= 15 is 0 Å². The van der Waals surface area contributed by atoms with Crippen LogP contribution in [-0.2, 0) is 13.1 Å².